The monoisotopic (exact) mass is 422 g/mol. The maximum Gasteiger partial charge on any atom is 0.258 e. The van der Waals surface area contributed by atoms with Crippen LogP contribution in [0.2, 0.25) is 0 Å². The Bertz CT molecular complexity index is 886. The van der Waals surface area contributed by atoms with E-state index >= 15 is 0 Å². The van der Waals surface area contributed by atoms with Crippen LogP contribution in [0.4, 0.5) is 0 Å². The van der Waals surface area contributed by atoms with Crippen LogP contribution in [0, 0.1) is 13.8 Å². The van der Waals surface area contributed by atoms with E-state index in [1.54, 1.807) is 0 Å². The fourth-order valence-corrected chi connectivity index (χ4v) is 3.43. The Labute approximate surface area is 185 Å². The van der Waals surface area contributed by atoms with Gasteiger partial charge in [0, 0.05) is 19.1 Å². The molecule has 0 bridgehead atoms. The minimum Gasteiger partial charge on any atom is -0.484 e. The van der Waals surface area contributed by atoms with Crippen molar-refractivity contribution in [2.24, 2.45) is 4.99 Å². The lowest BCUT2D eigenvalue weighted by Crippen LogP contribution is -2.38. The number of aryl methyl sites for hydroxylation is 2. The van der Waals surface area contributed by atoms with Crippen LogP contribution < -0.4 is 20.7 Å². The highest BCUT2D eigenvalue weighted by Crippen LogP contribution is 2.18. The number of nitrogens with one attached hydrogen (secondary N) is 3. The number of hydrogen-bond donors (Lipinski definition) is 3. The van der Waals surface area contributed by atoms with Crippen molar-refractivity contribution < 1.29 is 9.53 Å². The lowest BCUT2D eigenvalue weighted by molar-refractivity contribution is -0.123. The van der Waals surface area contributed by atoms with Crippen molar-refractivity contribution >= 4 is 11.9 Å². The van der Waals surface area contributed by atoms with Crippen molar-refractivity contribution in [3.63, 3.8) is 0 Å². The molecule has 0 aromatic heterocycles. The molecule has 166 valence electrons. The summed E-state index contributed by atoms with van der Waals surface area (Å²) in [6.45, 7) is 8.51. The van der Waals surface area contributed by atoms with Crippen LogP contribution in [0.5, 0.6) is 5.75 Å². The lowest BCUT2D eigenvalue weighted by Gasteiger charge is -2.12. The van der Waals surface area contributed by atoms with Crippen LogP contribution in [-0.2, 0) is 17.8 Å². The second kappa shape index (κ2) is 11.4. The zero-order chi connectivity index (χ0) is 22.1. The molecule has 0 heterocycles. The molecule has 1 fully saturated rings. The molecule has 0 saturated heterocycles. The molecule has 2 aromatic rings. The number of rotatable bonds is 10. The average Bonchev–Trinajstić information content (AvgIpc) is 3.54. The molecular formula is C25H34N4O2. The van der Waals surface area contributed by atoms with E-state index in [2.05, 4.69) is 54.9 Å². The number of amides is 1. The van der Waals surface area contributed by atoms with Crippen LogP contribution in [0.25, 0.3) is 0 Å². The standard InChI is InChI=1S/C25H34N4O2/c1-4-26-25(27-11-10-20-13-18(2)12-19(3)14-20)28-16-21-6-5-7-23(15-21)31-17-24(30)29-22-8-9-22/h5-7,12-15,22H,4,8-11,16-17H2,1-3H3,(H,29,30)(H2,26,27,28). The fourth-order valence-electron chi connectivity index (χ4n) is 3.43. The van der Waals surface area contributed by atoms with E-state index in [1.807, 2.05) is 24.3 Å². The molecule has 0 unspecified atom stereocenters. The second-order valence-corrected chi connectivity index (χ2v) is 8.15. The Morgan fingerprint density at radius 2 is 1.84 bits per heavy atom. The quantitative estimate of drug-likeness (QED) is 0.406. The zero-order valence-electron chi connectivity index (χ0n) is 18.8. The van der Waals surface area contributed by atoms with E-state index in [0.717, 1.165) is 43.9 Å². The molecule has 2 aromatic carbocycles. The van der Waals surface area contributed by atoms with Crippen molar-refractivity contribution in [2.75, 3.05) is 19.7 Å². The van der Waals surface area contributed by atoms with Crippen molar-refractivity contribution in [3.05, 3.63) is 64.7 Å². The third-order valence-corrected chi connectivity index (χ3v) is 4.96. The minimum absolute atomic E-state index is 0.0475. The number of guanidine groups is 1. The summed E-state index contributed by atoms with van der Waals surface area (Å²) in [5, 5.41) is 9.64. The van der Waals surface area contributed by atoms with Crippen molar-refractivity contribution in [3.8, 4) is 5.75 Å². The molecular weight excluding hydrogens is 388 g/mol. The Balaban J connectivity index is 1.49. The highest BCUT2D eigenvalue weighted by Gasteiger charge is 2.23. The first kappa shape index (κ1) is 22.7. The lowest BCUT2D eigenvalue weighted by atomic mass is 10.1. The second-order valence-electron chi connectivity index (χ2n) is 8.15. The van der Waals surface area contributed by atoms with Gasteiger partial charge in [0.05, 0.1) is 6.54 Å². The molecule has 0 aliphatic heterocycles. The molecule has 3 rings (SSSR count). The molecule has 31 heavy (non-hydrogen) atoms. The first-order valence-corrected chi connectivity index (χ1v) is 11.1. The van der Waals surface area contributed by atoms with Gasteiger partial charge in [0.1, 0.15) is 5.75 Å². The first-order valence-electron chi connectivity index (χ1n) is 11.1. The Morgan fingerprint density at radius 1 is 1.06 bits per heavy atom. The maximum atomic E-state index is 11.8. The highest BCUT2D eigenvalue weighted by atomic mass is 16.5. The van der Waals surface area contributed by atoms with E-state index < -0.39 is 0 Å². The minimum atomic E-state index is -0.0617. The van der Waals surface area contributed by atoms with Gasteiger partial charge in [-0.15, -0.1) is 0 Å². The molecule has 6 heteroatoms. The van der Waals surface area contributed by atoms with E-state index in [0.29, 0.717) is 18.3 Å². The van der Waals surface area contributed by atoms with E-state index in [-0.39, 0.29) is 12.5 Å². The van der Waals surface area contributed by atoms with Crippen LogP contribution in [-0.4, -0.2) is 37.6 Å². The smallest absolute Gasteiger partial charge is 0.258 e. The summed E-state index contributed by atoms with van der Waals surface area (Å²) in [4.78, 5) is 16.5. The Hall–Kier alpha value is -3.02. The predicted molar refractivity (Wildman–Crippen MR) is 126 cm³/mol. The number of ether oxygens (including phenoxy) is 1. The number of carbonyl (C=O) groups is 1. The third-order valence-electron chi connectivity index (χ3n) is 4.96. The van der Waals surface area contributed by atoms with Crippen LogP contribution in [0.15, 0.2) is 47.5 Å². The summed E-state index contributed by atoms with van der Waals surface area (Å²) in [7, 11) is 0. The summed E-state index contributed by atoms with van der Waals surface area (Å²) in [6.07, 6.45) is 3.09. The van der Waals surface area contributed by atoms with Gasteiger partial charge in [-0.2, -0.15) is 0 Å². The number of nitrogens with zero attached hydrogens (tertiary/aromatic N) is 1. The topological polar surface area (TPSA) is 74.8 Å². The number of aliphatic imine (C=N–C) groups is 1. The van der Waals surface area contributed by atoms with Crippen LogP contribution in [0.3, 0.4) is 0 Å². The molecule has 1 amide bonds. The Kier molecular flexibility index (Phi) is 8.33. The van der Waals surface area contributed by atoms with Crippen molar-refractivity contribution in [1.29, 1.82) is 0 Å². The number of benzene rings is 2. The predicted octanol–water partition coefficient (Wildman–Crippen LogP) is 3.26. The van der Waals surface area contributed by atoms with Gasteiger partial charge in [-0.05, 0) is 63.3 Å². The summed E-state index contributed by atoms with van der Waals surface area (Å²) in [5.41, 5.74) is 4.95. The average molecular weight is 423 g/mol. The Morgan fingerprint density at radius 3 is 2.55 bits per heavy atom. The van der Waals surface area contributed by atoms with Gasteiger partial charge >= 0.3 is 0 Å². The van der Waals surface area contributed by atoms with Gasteiger partial charge < -0.3 is 20.7 Å². The highest BCUT2D eigenvalue weighted by molar-refractivity contribution is 5.79. The number of hydrogen-bond acceptors (Lipinski definition) is 3. The van der Waals surface area contributed by atoms with Crippen molar-refractivity contribution in [2.45, 2.75) is 52.6 Å². The molecule has 0 radical (unpaired) electrons. The van der Waals surface area contributed by atoms with Crippen molar-refractivity contribution in [1.82, 2.24) is 16.0 Å². The maximum absolute atomic E-state index is 11.8. The van der Waals surface area contributed by atoms with E-state index in [9.17, 15) is 4.79 Å². The van der Waals surface area contributed by atoms with Gasteiger partial charge in [0.2, 0.25) is 0 Å². The third kappa shape index (κ3) is 8.32. The summed E-state index contributed by atoms with van der Waals surface area (Å²) < 4.78 is 5.63. The molecule has 3 N–H and O–H groups in total. The van der Waals surface area contributed by atoms with Gasteiger partial charge in [-0.3, -0.25) is 4.79 Å². The van der Waals surface area contributed by atoms with E-state index in [4.69, 9.17) is 9.73 Å². The van der Waals surface area contributed by atoms with Gasteiger partial charge in [0.25, 0.3) is 5.91 Å². The molecule has 6 nitrogen and oxygen atoms in total. The normalized spacial score (nSPS) is 13.6. The zero-order valence-corrected chi connectivity index (χ0v) is 18.8. The summed E-state index contributed by atoms with van der Waals surface area (Å²) in [6, 6.07) is 14.8. The largest absolute Gasteiger partial charge is 0.484 e. The molecule has 1 aliphatic carbocycles. The van der Waals surface area contributed by atoms with Gasteiger partial charge in [-0.1, -0.05) is 41.5 Å². The molecule has 1 saturated carbocycles. The van der Waals surface area contributed by atoms with Gasteiger partial charge in [-0.25, -0.2) is 4.99 Å². The SMILES string of the molecule is CCNC(=NCc1cccc(OCC(=O)NC2CC2)c1)NCCc1cc(C)cc(C)c1. The fraction of sp³-hybridized carbons (Fsp3) is 0.440. The van der Waals surface area contributed by atoms with Crippen LogP contribution >= 0.6 is 0 Å². The molecule has 0 atom stereocenters. The first-order chi connectivity index (χ1) is 15.0. The van der Waals surface area contributed by atoms with E-state index in [1.165, 1.54) is 16.7 Å². The molecule has 1 aliphatic rings. The summed E-state index contributed by atoms with van der Waals surface area (Å²) >= 11 is 0. The van der Waals surface area contributed by atoms with Crippen LogP contribution in [0.1, 0.15) is 42.0 Å². The molecule has 0 spiro atoms. The number of carbonyl (C=O) groups excluding carboxylic acids is 1. The summed E-state index contributed by atoms with van der Waals surface area (Å²) in [5.74, 6) is 1.42. The van der Waals surface area contributed by atoms with Gasteiger partial charge in [0.15, 0.2) is 12.6 Å².